The van der Waals surface area contributed by atoms with Gasteiger partial charge in [0.05, 0.1) is 5.48 Å². The summed E-state index contributed by atoms with van der Waals surface area (Å²) < 4.78 is 77.9. The van der Waals surface area contributed by atoms with Crippen molar-refractivity contribution in [1.82, 2.24) is 0 Å². The Kier molecular flexibility index (Phi) is 1.02. The number of carbonyl (C=O) groups excluding carboxylic acids is 1. The Morgan fingerprint density at radius 2 is 2.27 bits per heavy atom. The van der Waals surface area contributed by atoms with Crippen LogP contribution in [-0.2, 0) is 10.3 Å². The van der Waals surface area contributed by atoms with Crippen LogP contribution in [0.3, 0.4) is 0 Å². The quantitative estimate of drug-likeness (QED) is 0.811. The number of ketones is 1. The summed E-state index contributed by atoms with van der Waals surface area (Å²) in [5, 5.41) is -0.705. The van der Waals surface area contributed by atoms with Crippen LogP contribution in [0.15, 0.2) is 24.2 Å². The third kappa shape index (κ3) is 1.80. The van der Waals surface area contributed by atoms with Gasteiger partial charge in [-0.1, -0.05) is 36.1 Å². The lowest BCUT2D eigenvalue weighted by molar-refractivity contribution is -0.126. The Morgan fingerprint density at radius 3 is 3.07 bits per heavy atom. The normalized spacial score (nSPS) is 46.4. The summed E-state index contributed by atoms with van der Waals surface area (Å²) in [5.41, 5.74) is 2.25. The van der Waals surface area contributed by atoms with Crippen LogP contribution in [0.2, 0.25) is 5.02 Å². The molecule has 0 aromatic heterocycles. The molecule has 0 bridgehead atoms. The zero-order chi connectivity index (χ0) is 19.7. The second kappa shape index (κ2) is 3.95. The molecule has 1 aromatic rings. The minimum atomic E-state index is -3.19. The zero-order valence-corrected chi connectivity index (χ0v) is 8.33. The maximum absolute atomic E-state index is 12.7. The van der Waals surface area contributed by atoms with E-state index in [4.69, 9.17) is 31.0 Å². The van der Waals surface area contributed by atoms with Crippen molar-refractivity contribution in [3.63, 3.8) is 0 Å². The van der Waals surface area contributed by atoms with Gasteiger partial charge in [0, 0.05) is 19.6 Å². The van der Waals surface area contributed by atoms with E-state index in [9.17, 15) is 4.79 Å². The Balaban J connectivity index is 2.93. The van der Waals surface area contributed by atoms with Crippen molar-refractivity contribution >= 4 is 17.4 Å². The van der Waals surface area contributed by atoms with Crippen LogP contribution in [0.25, 0.3) is 0 Å². The summed E-state index contributed by atoms with van der Waals surface area (Å²) in [7, 11) is 0. The van der Waals surface area contributed by atoms with Gasteiger partial charge in [0.2, 0.25) is 0 Å². The lowest BCUT2D eigenvalue weighted by Gasteiger charge is -2.32. The van der Waals surface area contributed by atoms with Gasteiger partial charge in [0.15, 0.2) is 5.78 Å². The van der Waals surface area contributed by atoms with E-state index in [0.29, 0.717) is 0 Å². The number of nitrogens with two attached hydrogens (primary N) is 1. The molecule has 2 rings (SSSR count). The molecule has 0 heterocycles. The highest BCUT2D eigenvalue weighted by Crippen LogP contribution is 2.35. The Labute approximate surface area is 108 Å². The first kappa shape index (κ1) is 3.86. The number of hydrogen-bond acceptors (Lipinski definition) is 2. The molecule has 1 saturated carbocycles. The average molecular weight is 234 g/mol. The molecule has 15 heavy (non-hydrogen) atoms. The van der Waals surface area contributed by atoms with Crippen molar-refractivity contribution < 1.29 is 18.5 Å². The molecule has 1 aliphatic carbocycles. The van der Waals surface area contributed by atoms with Crippen LogP contribution < -0.4 is 5.73 Å². The SMILES string of the molecule is [2H]c1c([2H])c([2H])c(C2(N)C(=O)C([2H])([2H])C([2H])([2H])CC2([2H])[2H])c(Cl)c1[2H]. The summed E-state index contributed by atoms with van der Waals surface area (Å²) in [6.07, 6.45) is -10.0. The van der Waals surface area contributed by atoms with Crippen LogP contribution >= 0.6 is 11.6 Å². The molecule has 2 N–H and O–H groups in total. The first-order chi connectivity index (χ1) is 11.0. The summed E-state index contributed by atoms with van der Waals surface area (Å²) >= 11 is 5.93. The van der Waals surface area contributed by atoms with Gasteiger partial charge in [-0.3, -0.25) is 4.79 Å². The fraction of sp³-hybridized carbons (Fsp3) is 0.417. The van der Waals surface area contributed by atoms with Gasteiger partial charge in [-0.2, -0.15) is 0 Å². The maximum Gasteiger partial charge on any atom is 0.157 e. The fourth-order valence-corrected chi connectivity index (χ4v) is 1.50. The molecule has 80 valence electrons. The molecule has 0 saturated heterocycles. The van der Waals surface area contributed by atoms with Crippen LogP contribution in [0.4, 0.5) is 0 Å². The molecule has 1 atom stereocenters. The van der Waals surface area contributed by atoms with Crippen LogP contribution in [0, 0.1) is 0 Å². The standard InChI is InChI=1S/C12H14ClNO/c13-10-6-2-1-5-9(10)12(14)8-4-3-7-11(12)15/h1-2,5-6H,3-4,7-8,14H2/i1D,2D,3D2,5D,6D,7D2,8D2. The fourth-order valence-electron chi connectivity index (χ4n) is 1.26. The maximum atomic E-state index is 12.7. The Bertz CT molecular complexity index is 751. The predicted molar refractivity (Wildman–Crippen MR) is 60.8 cm³/mol. The molecule has 1 aliphatic rings. The van der Waals surface area contributed by atoms with E-state index in [2.05, 4.69) is 0 Å². The van der Waals surface area contributed by atoms with Gasteiger partial charge in [-0.25, -0.2) is 0 Å². The number of Topliss-reactive ketones (excluding diaryl/α,β-unsaturated/α-hetero) is 1. The number of carbonyl (C=O) groups is 1. The van der Waals surface area contributed by atoms with E-state index in [1.807, 2.05) is 0 Å². The lowest BCUT2D eigenvalue weighted by Crippen LogP contribution is -2.47. The lowest BCUT2D eigenvalue weighted by atomic mass is 9.76. The number of benzene rings is 1. The number of hydrogen-bond donors (Lipinski definition) is 1. The first-order valence-corrected chi connectivity index (χ1v) is 4.52. The monoisotopic (exact) mass is 233 g/mol. The largest absolute Gasteiger partial charge is 0.315 e. The van der Waals surface area contributed by atoms with Crippen molar-refractivity contribution in [2.24, 2.45) is 5.73 Å². The molecule has 0 amide bonds. The third-order valence-corrected chi connectivity index (χ3v) is 2.34. The van der Waals surface area contributed by atoms with Gasteiger partial charge in [-0.15, -0.1) is 0 Å². The van der Waals surface area contributed by atoms with Crippen LogP contribution in [0.1, 0.15) is 44.8 Å². The first-order valence-electron chi connectivity index (χ1n) is 9.14. The smallest absolute Gasteiger partial charge is 0.157 e. The Morgan fingerprint density at radius 1 is 1.53 bits per heavy atom. The molecule has 1 aromatic carbocycles. The average Bonchev–Trinajstić information content (AvgIpc) is 2.47. The van der Waals surface area contributed by atoms with E-state index >= 15 is 0 Å². The second-order valence-corrected chi connectivity index (χ2v) is 3.36. The van der Waals surface area contributed by atoms with E-state index < -0.39 is 71.6 Å². The Hall–Kier alpha value is -0.860. The number of halogens is 1. The highest BCUT2D eigenvalue weighted by Gasteiger charge is 2.38. The molecule has 1 fully saturated rings. The highest BCUT2D eigenvalue weighted by molar-refractivity contribution is 6.31. The topological polar surface area (TPSA) is 43.1 Å². The van der Waals surface area contributed by atoms with Gasteiger partial charge in [-0.05, 0) is 24.4 Å². The number of rotatable bonds is 1. The van der Waals surface area contributed by atoms with Crippen molar-refractivity contribution in [2.75, 3.05) is 0 Å². The van der Waals surface area contributed by atoms with Gasteiger partial charge in [0.25, 0.3) is 0 Å². The van der Waals surface area contributed by atoms with Crippen molar-refractivity contribution in [2.45, 2.75) is 31.1 Å². The summed E-state index contributed by atoms with van der Waals surface area (Å²) in [4.78, 5) is 12.7. The zero-order valence-electron chi connectivity index (χ0n) is 17.6. The van der Waals surface area contributed by atoms with Gasteiger partial charge in [0.1, 0.15) is 5.54 Å². The molecular formula is C12H14ClNO. The molecular weight excluding hydrogens is 210 g/mol. The van der Waals surface area contributed by atoms with E-state index in [1.165, 1.54) is 0 Å². The van der Waals surface area contributed by atoms with E-state index in [0.717, 1.165) is 0 Å². The molecule has 0 aliphatic heterocycles. The van der Waals surface area contributed by atoms with Crippen molar-refractivity contribution in [3.05, 3.63) is 34.8 Å². The predicted octanol–water partition coefficient (Wildman–Crippen LogP) is 2.64. The third-order valence-electron chi connectivity index (χ3n) is 2.05. The minimum Gasteiger partial charge on any atom is -0.315 e. The highest BCUT2D eigenvalue weighted by atomic mass is 35.5. The van der Waals surface area contributed by atoms with Crippen molar-refractivity contribution in [3.8, 4) is 0 Å². The molecule has 2 nitrogen and oxygen atoms in total. The molecule has 3 heteroatoms. The molecule has 1 unspecified atom stereocenters. The van der Waals surface area contributed by atoms with Crippen LogP contribution in [-0.4, -0.2) is 5.78 Å². The summed E-state index contributed by atoms with van der Waals surface area (Å²) in [6, 6.07) is -3.15. The van der Waals surface area contributed by atoms with Gasteiger partial charge < -0.3 is 5.73 Å². The van der Waals surface area contributed by atoms with Crippen molar-refractivity contribution in [1.29, 1.82) is 0 Å². The van der Waals surface area contributed by atoms with E-state index in [1.54, 1.807) is 0 Å². The van der Waals surface area contributed by atoms with Crippen LogP contribution in [0.5, 0.6) is 0 Å². The van der Waals surface area contributed by atoms with Gasteiger partial charge >= 0.3 is 0 Å². The summed E-state index contributed by atoms with van der Waals surface area (Å²) in [5.74, 6) is -1.67. The molecule has 0 spiro atoms. The van der Waals surface area contributed by atoms with E-state index in [-0.39, 0.29) is 0 Å². The summed E-state index contributed by atoms with van der Waals surface area (Å²) in [6.45, 7) is 0. The molecule has 0 radical (unpaired) electrons. The second-order valence-electron chi connectivity index (χ2n) is 2.98. The minimum absolute atomic E-state index is 0.705.